The van der Waals surface area contributed by atoms with E-state index in [2.05, 4.69) is 17.9 Å². The van der Waals surface area contributed by atoms with Crippen LogP contribution in [0.1, 0.15) is 5.56 Å². The lowest BCUT2D eigenvalue weighted by Crippen LogP contribution is -2.50. The van der Waals surface area contributed by atoms with E-state index in [1.165, 1.54) is 0 Å². The van der Waals surface area contributed by atoms with Gasteiger partial charge in [-0.05, 0) is 5.56 Å². The lowest BCUT2D eigenvalue weighted by Gasteiger charge is -2.16. The second kappa shape index (κ2) is 7.03. The number of thiol groups is 1. The Hall–Kier alpha value is -1.53. The molecule has 0 heterocycles. The van der Waals surface area contributed by atoms with Gasteiger partial charge in [0.05, 0.1) is 6.04 Å². The van der Waals surface area contributed by atoms with Crippen molar-refractivity contribution >= 4 is 24.5 Å². The molecule has 1 aromatic carbocycles. The lowest BCUT2D eigenvalue weighted by molar-refractivity contribution is -0.141. The number of carbonyl (C=O) groups is 2. The quantitative estimate of drug-likeness (QED) is 0.549. The van der Waals surface area contributed by atoms with Crippen molar-refractivity contribution in [3.05, 3.63) is 35.9 Å². The second-order valence-corrected chi connectivity index (χ2v) is 4.24. The normalized spacial score (nSPS) is 13.7. The third-order valence-corrected chi connectivity index (χ3v) is 2.82. The topological polar surface area (TPSA) is 92.4 Å². The van der Waals surface area contributed by atoms with Gasteiger partial charge in [0.25, 0.3) is 0 Å². The van der Waals surface area contributed by atoms with E-state index in [1.54, 1.807) is 12.1 Å². The number of amides is 1. The first-order valence-electron chi connectivity index (χ1n) is 5.48. The number of carboxylic acids is 1. The molecule has 1 amide bonds. The van der Waals surface area contributed by atoms with Gasteiger partial charge in [0, 0.05) is 12.2 Å². The van der Waals surface area contributed by atoms with Gasteiger partial charge in [0.15, 0.2) is 0 Å². The van der Waals surface area contributed by atoms with Crippen molar-refractivity contribution in [3.63, 3.8) is 0 Å². The summed E-state index contributed by atoms with van der Waals surface area (Å²) in [5, 5.41) is 11.5. The Balaban J connectivity index is 2.67. The first-order valence-corrected chi connectivity index (χ1v) is 6.11. The van der Waals surface area contributed by atoms with Crippen LogP contribution in [-0.2, 0) is 16.0 Å². The minimum atomic E-state index is -1.08. The van der Waals surface area contributed by atoms with E-state index in [0.717, 1.165) is 5.56 Å². The molecule has 0 aliphatic heterocycles. The molecule has 0 fully saturated rings. The van der Waals surface area contributed by atoms with Gasteiger partial charge < -0.3 is 16.2 Å². The number of carboxylic acid groups (broad SMARTS) is 1. The van der Waals surface area contributed by atoms with Gasteiger partial charge in [0.2, 0.25) is 5.91 Å². The van der Waals surface area contributed by atoms with Crippen molar-refractivity contribution in [1.82, 2.24) is 5.32 Å². The fraction of sp³-hybridized carbons (Fsp3) is 0.333. The predicted molar refractivity (Wildman–Crippen MR) is 71.5 cm³/mol. The van der Waals surface area contributed by atoms with E-state index in [4.69, 9.17) is 10.8 Å². The van der Waals surface area contributed by atoms with Crippen molar-refractivity contribution < 1.29 is 14.7 Å². The molecule has 0 aliphatic carbocycles. The summed E-state index contributed by atoms with van der Waals surface area (Å²) in [5.41, 5.74) is 6.31. The monoisotopic (exact) mass is 268 g/mol. The van der Waals surface area contributed by atoms with Crippen LogP contribution in [0.4, 0.5) is 0 Å². The molecule has 6 heteroatoms. The van der Waals surface area contributed by atoms with Gasteiger partial charge in [-0.15, -0.1) is 0 Å². The van der Waals surface area contributed by atoms with Gasteiger partial charge >= 0.3 is 5.97 Å². The Morgan fingerprint density at radius 1 is 1.33 bits per heavy atom. The zero-order valence-corrected chi connectivity index (χ0v) is 10.6. The molecule has 0 aromatic heterocycles. The summed E-state index contributed by atoms with van der Waals surface area (Å²) in [4.78, 5) is 22.6. The van der Waals surface area contributed by atoms with Crippen LogP contribution >= 0.6 is 12.6 Å². The smallest absolute Gasteiger partial charge is 0.326 e. The molecule has 1 rings (SSSR count). The number of rotatable bonds is 6. The first kappa shape index (κ1) is 14.5. The van der Waals surface area contributed by atoms with Gasteiger partial charge in [-0.2, -0.15) is 12.6 Å². The highest BCUT2D eigenvalue weighted by atomic mass is 32.1. The largest absolute Gasteiger partial charge is 0.480 e. The molecule has 5 nitrogen and oxygen atoms in total. The van der Waals surface area contributed by atoms with Gasteiger partial charge in [-0.3, -0.25) is 4.79 Å². The minimum absolute atomic E-state index is 0.170. The Labute approximate surface area is 111 Å². The number of nitrogens with two attached hydrogens (primary N) is 1. The summed E-state index contributed by atoms with van der Waals surface area (Å²) in [6.45, 7) is 0. The SMILES string of the molecule is N[C@@H](CS)C(=O)N[C@@H](Cc1ccccc1)C(=O)O. The highest BCUT2D eigenvalue weighted by Crippen LogP contribution is 2.03. The Kier molecular flexibility index (Phi) is 5.67. The number of aliphatic carboxylic acids is 1. The Morgan fingerprint density at radius 3 is 2.44 bits per heavy atom. The van der Waals surface area contributed by atoms with Crippen molar-refractivity contribution in [3.8, 4) is 0 Å². The van der Waals surface area contributed by atoms with E-state index in [-0.39, 0.29) is 12.2 Å². The summed E-state index contributed by atoms with van der Waals surface area (Å²) in [5.74, 6) is -1.42. The van der Waals surface area contributed by atoms with Crippen LogP contribution in [0.3, 0.4) is 0 Å². The fourth-order valence-corrected chi connectivity index (χ4v) is 1.58. The highest BCUT2D eigenvalue weighted by Gasteiger charge is 2.22. The number of benzene rings is 1. The number of hydrogen-bond donors (Lipinski definition) is 4. The molecule has 1 aromatic rings. The van der Waals surface area contributed by atoms with Crippen molar-refractivity contribution in [1.29, 1.82) is 0 Å². The third kappa shape index (κ3) is 4.38. The van der Waals surface area contributed by atoms with E-state index in [0.29, 0.717) is 0 Å². The lowest BCUT2D eigenvalue weighted by atomic mass is 10.1. The van der Waals surface area contributed by atoms with E-state index in [9.17, 15) is 9.59 Å². The molecule has 0 unspecified atom stereocenters. The highest BCUT2D eigenvalue weighted by molar-refractivity contribution is 7.80. The van der Waals surface area contributed by atoms with Gasteiger partial charge in [-0.1, -0.05) is 30.3 Å². The van der Waals surface area contributed by atoms with Crippen LogP contribution < -0.4 is 11.1 Å². The van der Waals surface area contributed by atoms with Crippen molar-refractivity contribution in [2.24, 2.45) is 5.73 Å². The van der Waals surface area contributed by atoms with Crippen LogP contribution in [0, 0.1) is 0 Å². The molecule has 0 saturated carbocycles. The molecule has 0 aliphatic rings. The summed E-state index contributed by atoms with van der Waals surface area (Å²) in [7, 11) is 0. The minimum Gasteiger partial charge on any atom is -0.480 e. The van der Waals surface area contributed by atoms with Crippen LogP contribution in [0.15, 0.2) is 30.3 Å². The summed E-state index contributed by atoms with van der Waals surface area (Å²) < 4.78 is 0. The second-order valence-electron chi connectivity index (χ2n) is 3.88. The molecule has 98 valence electrons. The first-order chi connectivity index (χ1) is 8.54. The molecule has 0 radical (unpaired) electrons. The maximum absolute atomic E-state index is 11.5. The average molecular weight is 268 g/mol. The molecule has 4 N–H and O–H groups in total. The van der Waals surface area contributed by atoms with Crippen LogP contribution in [0.25, 0.3) is 0 Å². The number of hydrogen-bond acceptors (Lipinski definition) is 4. The van der Waals surface area contributed by atoms with Gasteiger partial charge in [0.1, 0.15) is 6.04 Å². The van der Waals surface area contributed by atoms with E-state index in [1.807, 2.05) is 18.2 Å². The summed E-state index contributed by atoms with van der Waals surface area (Å²) in [6, 6.07) is 7.30. The average Bonchev–Trinajstić information content (AvgIpc) is 2.37. The maximum Gasteiger partial charge on any atom is 0.326 e. The molecule has 18 heavy (non-hydrogen) atoms. The Morgan fingerprint density at radius 2 is 1.94 bits per heavy atom. The molecule has 2 atom stereocenters. The molecule has 0 bridgehead atoms. The molecular weight excluding hydrogens is 252 g/mol. The summed E-state index contributed by atoms with van der Waals surface area (Å²) in [6.07, 6.45) is 0.223. The Bertz CT molecular complexity index is 411. The van der Waals surface area contributed by atoms with Crippen molar-refractivity contribution in [2.45, 2.75) is 18.5 Å². The fourth-order valence-electron chi connectivity index (χ4n) is 1.41. The zero-order valence-electron chi connectivity index (χ0n) is 9.74. The predicted octanol–water partition coefficient (Wildman–Crippen LogP) is 0.0556. The molecular formula is C12H16N2O3S. The van der Waals surface area contributed by atoms with Crippen LogP contribution in [-0.4, -0.2) is 34.8 Å². The standard InChI is InChI=1S/C12H16N2O3S/c13-9(7-18)11(15)14-10(12(16)17)6-8-4-2-1-3-5-8/h1-5,9-10,18H,6-7,13H2,(H,14,15)(H,16,17)/t9-,10-/m0/s1. The zero-order chi connectivity index (χ0) is 13.5. The van der Waals surface area contributed by atoms with E-state index >= 15 is 0 Å². The van der Waals surface area contributed by atoms with Gasteiger partial charge in [-0.25, -0.2) is 4.79 Å². The molecule has 0 saturated heterocycles. The number of nitrogens with one attached hydrogen (secondary N) is 1. The molecule has 0 spiro atoms. The summed E-state index contributed by atoms with van der Waals surface area (Å²) >= 11 is 3.90. The number of carbonyl (C=O) groups excluding carboxylic acids is 1. The van der Waals surface area contributed by atoms with Crippen LogP contribution in [0.2, 0.25) is 0 Å². The van der Waals surface area contributed by atoms with Crippen molar-refractivity contribution in [2.75, 3.05) is 5.75 Å². The van der Waals surface area contributed by atoms with E-state index < -0.39 is 24.0 Å². The van der Waals surface area contributed by atoms with Crippen LogP contribution in [0.5, 0.6) is 0 Å². The maximum atomic E-state index is 11.5. The third-order valence-electron chi connectivity index (χ3n) is 2.43.